The van der Waals surface area contributed by atoms with E-state index >= 15 is 0 Å². The molecule has 7 heteroatoms. The van der Waals surface area contributed by atoms with Crippen molar-refractivity contribution in [2.45, 2.75) is 12.1 Å². The van der Waals surface area contributed by atoms with E-state index in [4.69, 9.17) is 10.3 Å². The van der Waals surface area contributed by atoms with Crippen molar-refractivity contribution in [3.63, 3.8) is 0 Å². The Labute approximate surface area is 90.3 Å². The van der Waals surface area contributed by atoms with Gasteiger partial charge in [-0.2, -0.15) is 4.98 Å². The van der Waals surface area contributed by atoms with Crippen molar-refractivity contribution in [1.82, 2.24) is 20.1 Å². The van der Waals surface area contributed by atoms with Crippen molar-refractivity contribution in [2.24, 2.45) is 0 Å². The highest BCUT2D eigenvalue weighted by atomic mass is 32.2. The molecule has 0 aromatic carbocycles. The Morgan fingerprint density at radius 2 is 2.20 bits per heavy atom. The van der Waals surface area contributed by atoms with Crippen LogP contribution < -0.4 is 5.73 Å². The minimum absolute atomic E-state index is 0.357. The van der Waals surface area contributed by atoms with Crippen LogP contribution in [0.2, 0.25) is 0 Å². The number of nitrogens with two attached hydrogens (primary N) is 1. The number of aryl methyl sites for hydroxylation is 1. The molecule has 2 heterocycles. The lowest BCUT2D eigenvalue weighted by molar-refractivity contribution is 0.394. The van der Waals surface area contributed by atoms with Crippen molar-refractivity contribution in [2.75, 3.05) is 12.0 Å². The molecule has 0 radical (unpaired) electrons. The third-order valence-electron chi connectivity index (χ3n) is 1.75. The van der Waals surface area contributed by atoms with Gasteiger partial charge in [-0.05, 0) is 6.26 Å². The summed E-state index contributed by atoms with van der Waals surface area (Å²) in [7, 11) is 0. The summed E-state index contributed by atoms with van der Waals surface area (Å²) < 4.78 is 4.85. The predicted octanol–water partition coefficient (Wildman–Crippen LogP) is 1.14. The van der Waals surface area contributed by atoms with Gasteiger partial charge in [0.1, 0.15) is 5.82 Å². The Morgan fingerprint density at radius 3 is 2.73 bits per heavy atom. The second kappa shape index (κ2) is 3.85. The maximum Gasteiger partial charge on any atom is 0.223 e. The molecule has 0 saturated carbocycles. The third-order valence-corrected chi connectivity index (χ3v) is 2.31. The fourth-order valence-corrected chi connectivity index (χ4v) is 1.41. The highest BCUT2D eigenvalue weighted by Crippen LogP contribution is 2.22. The first-order valence-electron chi connectivity index (χ1n) is 4.18. The van der Waals surface area contributed by atoms with Crippen molar-refractivity contribution in [3.05, 3.63) is 12.1 Å². The van der Waals surface area contributed by atoms with Crippen LogP contribution in [0, 0.1) is 6.92 Å². The highest BCUT2D eigenvalue weighted by molar-refractivity contribution is 7.98. The van der Waals surface area contributed by atoms with Crippen LogP contribution in [-0.2, 0) is 0 Å². The lowest BCUT2D eigenvalue weighted by atomic mass is 10.3. The molecule has 0 aliphatic rings. The summed E-state index contributed by atoms with van der Waals surface area (Å²) in [6, 6.07) is 0. The van der Waals surface area contributed by atoms with E-state index in [2.05, 4.69) is 20.1 Å². The molecule has 0 aliphatic carbocycles. The van der Waals surface area contributed by atoms with E-state index in [0.717, 1.165) is 0 Å². The van der Waals surface area contributed by atoms with Gasteiger partial charge in [-0.1, -0.05) is 16.9 Å². The second-order valence-electron chi connectivity index (χ2n) is 2.79. The van der Waals surface area contributed by atoms with Gasteiger partial charge < -0.3 is 10.3 Å². The summed E-state index contributed by atoms with van der Waals surface area (Å²) in [5.74, 6) is 1.26. The zero-order chi connectivity index (χ0) is 10.8. The molecule has 0 atom stereocenters. The topological polar surface area (TPSA) is 90.7 Å². The van der Waals surface area contributed by atoms with Crippen LogP contribution in [0.5, 0.6) is 0 Å². The first kappa shape index (κ1) is 9.91. The Balaban J connectivity index is 2.45. The quantitative estimate of drug-likeness (QED) is 0.603. The molecule has 0 amide bonds. The molecule has 2 rings (SSSR count). The Morgan fingerprint density at radius 1 is 1.40 bits per heavy atom. The van der Waals surface area contributed by atoms with Crippen LogP contribution in [-0.4, -0.2) is 26.4 Å². The minimum Gasteiger partial charge on any atom is -0.383 e. The van der Waals surface area contributed by atoms with Crippen LogP contribution in [0.15, 0.2) is 15.9 Å². The molecule has 0 bridgehead atoms. The number of hydrogen-bond acceptors (Lipinski definition) is 7. The average molecular weight is 223 g/mol. The van der Waals surface area contributed by atoms with E-state index in [0.29, 0.717) is 28.3 Å². The van der Waals surface area contributed by atoms with Crippen LogP contribution in [0.1, 0.15) is 5.89 Å². The van der Waals surface area contributed by atoms with Crippen LogP contribution >= 0.6 is 11.8 Å². The minimum atomic E-state index is 0.357. The third kappa shape index (κ3) is 1.91. The molecular weight excluding hydrogens is 214 g/mol. The Hall–Kier alpha value is -1.63. The molecular formula is C8H9N5OS. The van der Waals surface area contributed by atoms with Crippen LogP contribution in [0.3, 0.4) is 0 Å². The van der Waals surface area contributed by atoms with Gasteiger partial charge in [0, 0.05) is 13.1 Å². The number of anilines is 1. The average Bonchev–Trinajstić information content (AvgIpc) is 2.64. The van der Waals surface area contributed by atoms with Gasteiger partial charge in [0.15, 0.2) is 5.16 Å². The Bertz CT molecular complexity index is 484. The number of nitrogen functional groups attached to an aromatic ring is 1. The van der Waals surface area contributed by atoms with Gasteiger partial charge in [0.25, 0.3) is 0 Å². The summed E-state index contributed by atoms with van der Waals surface area (Å²) in [4.78, 5) is 12.2. The number of thioether (sulfide) groups is 1. The van der Waals surface area contributed by atoms with Crippen LogP contribution in [0.4, 0.5) is 5.82 Å². The smallest absolute Gasteiger partial charge is 0.223 e. The summed E-state index contributed by atoms with van der Waals surface area (Å²) in [6.07, 6.45) is 3.48. The monoisotopic (exact) mass is 223 g/mol. The van der Waals surface area contributed by atoms with E-state index < -0.39 is 0 Å². The molecule has 0 unspecified atom stereocenters. The summed E-state index contributed by atoms with van der Waals surface area (Å²) in [5, 5.41) is 4.37. The lowest BCUT2D eigenvalue weighted by Gasteiger charge is -2.00. The van der Waals surface area contributed by atoms with Crippen molar-refractivity contribution in [3.8, 4) is 11.4 Å². The van der Waals surface area contributed by atoms with Gasteiger partial charge in [-0.25, -0.2) is 9.97 Å². The number of nitrogens with zero attached hydrogens (tertiary/aromatic N) is 4. The van der Waals surface area contributed by atoms with Gasteiger partial charge in [0.2, 0.25) is 11.7 Å². The fraction of sp³-hybridized carbons (Fsp3) is 0.250. The van der Waals surface area contributed by atoms with Gasteiger partial charge in [-0.3, -0.25) is 0 Å². The molecule has 0 spiro atoms. The standard InChI is InChI=1S/C8H9N5OS/c1-4-11-7(13-14-4)5-3-10-8(15-2)12-6(5)9/h3H,1-2H3,(H2,9,10,12). The van der Waals surface area contributed by atoms with Gasteiger partial charge in [0.05, 0.1) is 5.56 Å². The fourth-order valence-electron chi connectivity index (χ4n) is 1.06. The van der Waals surface area contributed by atoms with E-state index in [-0.39, 0.29) is 0 Å². The van der Waals surface area contributed by atoms with Gasteiger partial charge in [-0.15, -0.1) is 0 Å². The molecule has 6 nitrogen and oxygen atoms in total. The zero-order valence-corrected chi connectivity index (χ0v) is 9.08. The summed E-state index contributed by atoms with van der Waals surface area (Å²) in [5.41, 5.74) is 6.34. The lowest BCUT2D eigenvalue weighted by Crippen LogP contribution is -1.98. The Kier molecular flexibility index (Phi) is 2.55. The largest absolute Gasteiger partial charge is 0.383 e. The summed E-state index contributed by atoms with van der Waals surface area (Å²) in [6.45, 7) is 1.71. The molecule has 0 fully saturated rings. The zero-order valence-electron chi connectivity index (χ0n) is 8.26. The maximum absolute atomic E-state index is 5.75. The first-order valence-corrected chi connectivity index (χ1v) is 5.40. The van der Waals surface area contributed by atoms with Crippen LogP contribution in [0.25, 0.3) is 11.4 Å². The molecule has 2 N–H and O–H groups in total. The SMILES string of the molecule is CSc1ncc(-c2noc(C)n2)c(N)n1. The second-order valence-corrected chi connectivity index (χ2v) is 3.57. The van der Waals surface area contributed by atoms with E-state index in [1.165, 1.54) is 11.8 Å². The predicted molar refractivity (Wildman–Crippen MR) is 56.3 cm³/mol. The van der Waals surface area contributed by atoms with E-state index in [1.807, 2.05) is 6.26 Å². The van der Waals surface area contributed by atoms with Crippen molar-refractivity contribution < 1.29 is 4.52 Å². The first-order chi connectivity index (χ1) is 7.20. The normalized spacial score (nSPS) is 10.5. The van der Waals surface area contributed by atoms with Crippen molar-refractivity contribution in [1.29, 1.82) is 0 Å². The molecule has 78 valence electrons. The van der Waals surface area contributed by atoms with E-state index in [1.54, 1.807) is 13.1 Å². The number of rotatable bonds is 2. The number of aromatic nitrogens is 4. The van der Waals surface area contributed by atoms with Crippen molar-refractivity contribution >= 4 is 17.6 Å². The molecule has 0 saturated heterocycles. The molecule has 2 aromatic rings. The maximum atomic E-state index is 5.75. The summed E-state index contributed by atoms with van der Waals surface area (Å²) >= 11 is 1.43. The molecule has 0 aliphatic heterocycles. The van der Waals surface area contributed by atoms with E-state index in [9.17, 15) is 0 Å². The van der Waals surface area contributed by atoms with Gasteiger partial charge >= 0.3 is 0 Å². The number of hydrogen-bond donors (Lipinski definition) is 1. The highest BCUT2D eigenvalue weighted by Gasteiger charge is 2.11. The molecule has 15 heavy (non-hydrogen) atoms. The molecule has 2 aromatic heterocycles.